The zero-order valence-electron chi connectivity index (χ0n) is 16.7. The van der Waals surface area contributed by atoms with Crippen molar-refractivity contribution in [3.8, 4) is 22.1 Å². The van der Waals surface area contributed by atoms with Gasteiger partial charge in [-0.3, -0.25) is 4.79 Å². The van der Waals surface area contributed by atoms with Crippen molar-refractivity contribution in [2.75, 3.05) is 11.9 Å². The fourth-order valence-corrected chi connectivity index (χ4v) is 3.77. The van der Waals surface area contributed by atoms with Gasteiger partial charge in [-0.15, -0.1) is 11.3 Å². The molecule has 1 N–H and O–H groups in total. The number of nitrogens with zero attached hydrogens (tertiary/aromatic N) is 3. The van der Waals surface area contributed by atoms with Crippen molar-refractivity contribution in [2.45, 2.75) is 13.8 Å². The van der Waals surface area contributed by atoms with Crippen LogP contribution in [0.2, 0.25) is 0 Å². The van der Waals surface area contributed by atoms with Crippen molar-refractivity contribution in [2.24, 2.45) is 0 Å². The Kier molecular flexibility index (Phi) is 5.77. The maximum Gasteiger partial charge on any atom is 0.259 e. The lowest BCUT2D eigenvalue weighted by Gasteiger charge is -2.07. The van der Waals surface area contributed by atoms with Gasteiger partial charge in [-0.25, -0.2) is 13.8 Å². The number of benzene rings is 2. The number of amides is 1. The second-order valence-electron chi connectivity index (χ2n) is 6.63. The first-order valence-electron chi connectivity index (χ1n) is 9.47. The van der Waals surface area contributed by atoms with Crippen molar-refractivity contribution in [3.63, 3.8) is 0 Å². The average Bonchev–Trinajstić information content (AvgIpc) is 3.35. The smallest absolute Gasteiger partial charge is 0.259 e. The lowest BCUT2D eigenvalue weighted by Crippen LogP contribution is -2.16. The summed E-state index contributed by atoms with van der Waals surface area (Å²) in [6, 6.07) is 12.0. The van der Waals surface area contributed by atoms with Crippen LogP contribution in [0.3, 0.4) is 0 Å². The molecule has 2 aromatic carbocycles. The van der Waals surface area contributed by atoms with E-state index in [1.165, 1.54) is 16.0 Å². The number of ether oxygens (including phenoxy) is 1. The summed E-state index contributed by atoms with van der Waals surface area (Å²) in [5, 5.41) is 9.43. The molecule has 0 atom stereocenters. The molecule has 0 saturated heterocycles. The Bertz CT molecular complexity index is 1230. The van der Waals surface area contributed by atoms with Crippen molar-refractivity contribution >= 4 is 23.1 Å². The zero-order valence-corrected chi connectivity index (χ0v) is 17.5. The van der Waals surface area contributed by atoms with Crippen LogP contribution in [-0.2, 0) is 0 Å². The number of nitrogens with one attached hydrogen (secondary N) is 1. The Balaban J connectivity index is 1.59. The Morgan fingerprint density at radius 1 is 1.16 bits per heavy atom. The Labute approximate surface area is 181 Å². The molecule has 1 amide bonds. The number of thiazole rings is 1. The van der Waals surface area contributed by atoms with Gasteiger partial charge in [0.15, 0.2) is 0 Å². The second-order valence-corrected chi connectivity index (χ2v) is 7.47. The summed E-state index contributed by atoms with van der Waals surface area (Å²) in [4.78, 5) is 17.1. The van der Waals surface area contributed by atoms with E-state index >= 15 is 0 Å². The molecule has 31 heavy (non-hydrogen) atoms. The van der Waals surface area contributed by atoms with Crippen LogP contribution in [0, 0.1) is 18.6 Å². The molecule has 4 aromatic rings. The number of aryl methyl sites for hydroxylation is 1. The van der Waals surface area contributed by atoms with Gasteiger partial charge in [0.1, 0.15) is 23.2 Å². The lowest BCUT2D eigenvalue weighted by atomic mass is 10.2. The number of carbonyl (C=O) groups is 1. The molecule has 0 aliphatic carbocycles. The first kappa shape index (κ1) is 20.7. The Hall–Kier alpha value is -3.59. The molecule has 158 valence electrons. The number of hydrogen-bond acceptors (Lipinski definition) is 5. The van der Waals surface area contributed by atoms with E-state index in [0.29, 0.717) is 29.3 Å². The third kappa shape index (κ3) is 4.46. The molecular formula is C22H18F2N4O2S. The summed E-state index contributed by atoms with van der Waals surface area (Å²) in [5.74, 6) is -1.28. The molecule has 4 rings (SSSR count). The van der Waals surface area contributed by atoms with Crippen LogP contribution in [0.4, 0.5) is 14.6 Å². The molecule has 0 bridgehead atoms. The Morgan fingerprint density at radius 3 is 2.65 bits per heavy atom. The first-order chi connectivity index (χ1) is 14.9. The van der Waals surface area contributed by atoms with Crippen LogP contribution in [0.5, 0.6) is 5.75 Å². The average molecular weight is 440 g/mol. The third-order valence-corrected chi connectivity index (χ3v) is 5.20. The monoisotopic (exact) mass is 440 g/mol. The molecule has 0 radical (unpaired) electrons. The fourth-order valence-electron chi connectivity index (χ4n) is 2.97. The molecule has 0 aliphatic rings. The van der Waals surface area contributed by atoms with E-state index in [9.17, 15) is 13.6 Å². The number of carbonyl (C=O) groups excluding carboxylic acids is 1. The van der Waals surface area contributed by atoms with Gasteiger partial charge >= 0.3 is 0 Å². The summed E-state index contributed by atoms with van der Waals surface area (Å²) in [7, 11) is 0. The van der Waals surface area contributed by atoms with Crippen LogP contribution >= 0.6 is 11.3 Å². The molecule has 2 aromatic heterocycles. The van der Waals surface area contributed by atoms with Crippen molar-refractivity contribution in [1.82, 2.24) is 14.8 Å². The SMILES string of the molecule is CCOc1ccc(-c2csc(-n3nc(C)cc3NC(=O)c3ccc(F)cc3F)n2)cc1. The molecule has 0 saturated carbocycles. The van der Waals surface area contributed by atoms with E-state index in [-0.39, 0.29) is 5.56 Å². The van der Waals surface area contributed by atoms with Crippen LogP contribution in [0.25, 0.3) is 16.4 Å². The maximum absolute atomic E-state index is 14.0. The first-order valence-corrected chi connectivity index (χ1v) is 10.3. The second kappa shape index (κ2) is 8.65. The van der Waals surface area contributed by atoms with Gasteiger partial charge in [0, 0.05) is 23.1 Å². The Morgan fingerprint density at radius 2 is 1.94 bits per heavy atom. The molecule has 0 unspecified atom stereocenters. The van der Waals surface area contributed by atoms with Crippen LogP contribution in [0.1, 0.15) is 23.0 Å². The standard InChI is InChI=1S/C22H18F2N4O2S/c1-3-30-16-7-4-14(5-8-16)19-12-31-22(25-19)28-20(10-13(2)27-28)26-21(29)17-9-6-15(23)11-18(17)24/h4-12H,3H2,1-2H3,(H,26,29). The summed E-state index contributed by atoms with van der Waals surface area (Å²) in [6.45, 7) is 4.29. The number of hydrogen-bond donors (Lipinski definition) is 1. The van der Waals surface area contributed by atoms with Gasteiger partial charge in [0.2, 0.25) is 5.13 Å². The summed E-state index contributed by atoms with van der Waals surface area (Å²) >= 11 is 1.35. The van der Waals surface area contributed by atoms with E-state index in [1.807, 2.05) is 36.6 Å². The van der Waals surface area contributed by atoms with Crippen LogP contribution < -0.4 is 10.1 Å². The van der Waals surface area contributed by atoms with Crippen molar-refractivity contribution in [3.05, 3.63) is 76.8 Å². The van der Waals surface area contributed by atoms with Crippen LogP contribution in [-0.4, -0.2) is 27.3 Å². The molecule has 0 spiro atoms. The molecule has 9 heteroatoms. The van der Waals surface area contributed by atoms with E-state index in [1.54, 1.807) is 13.0 Å². The molecule has 6 nitrogen and oxygen atoms in total. The van der Waals surface area contributed by atoms with E-state index < -0.39 is 17.5 Å². The normalized spacial score (nSPS) is 10.8. The minimum absolute atomic E-state index is 0.263. The minimum Gasteiger partial charge on any atom is -0.494 e. The van der Waals surface area contributed by atoms with Gasteiger partial charge in [0.25, 0.3) is 5.91 Å². The fraction of sp³-hybridized carbons (Fsp3) is 0.136. The van der Waals surface area contributed by atoms with Gasteiger partial charge in [-0.1, -0.05) is 0 Å². The number of halogens is 2. The van der Waals surface area contributed by atoms with Gasteiger partial charge in [0.05, 0.1) is 23.6 Å². The largest absolute Gasteiger partial charge is 0.494 e. The predicted molar refractivity (Wildman–Crippen MR) is 115 cm³/mol. The highest BCUT2D eigenvalue weighted by atomic mass is 32.1. The quantitative estimate of drug-likeness (QED) is 0.446. The van der Waals surface area contributed by atoms with E-state index in [0.717, 1.165) is 29.1 Å². The number of aromatic nitrogens is 3. The van der Waals surface area contributed by atoms with Gasteiger partial charge < -0.3 is 10.1 Å². The summed E-state index contributed by atoms with van der Waals surface area (Å²) < 4.78 is 34.0. The van der Waals surface area contributed by atoms with E-state index in [4.69, 9.17) is 4.74 Å². The zero-order chi connectivity index (χ0) is 22.0. The predicted octanol–water partition coefficient (Wildman–Crippen LogP) is 5.23. The third-order valence-electron chi connectivity index (χ3n) is 4.38. The number of anilines is 1. The van der Waals surface area contributed by atoms with Crippen molar-refractivity contribution in [1.29, 1.82) is 0 Å². The molecule has 2 heterocycles. The minimum atomic E-state index is -0.938. The maximum atomic E-state index is 14.0. The highest BCUT2D eigenvalue weighted by molar-refractivity contribution is 7.12. The molecular weight excluding hydrogens is 422 g/mol. The highest BCUT2D eigenvalue weighted by Gasteiger charge is 2.18. The number of rotatable bonds is 6. The summed E-state index contributed by atoms with van der Waals surface area (Å²) in [6.07, 6.45) is 0. The topological polar surface area (TPSA) is 69.0 Å². The highest BCUT2D eigenvalue weighted by Crippen LogP contribution is 2.28. The van der Waals surface area contributed by atoms with Crippen molar-refractivity contribution < 1.29 is 18.3 Å². The summed E-state index contributed by atoms with van der Waals surface area (Å²) in [5.41, 5.74) is 2.04. The molecule has 0 fully saturated rings. The van der Waals surface area contributed by atoms with Gasteiger partial charge in [-0.2, -0.15) is 9.78 Å². The van der Waals surface area contributed by atoms with Gasteiger partial charge in [-0.05, 0) is 50.2 Å². The van der Waals surface area contributed by atoms with E-state index in [2.05, 4.69) is 15.4 Å². The molecule has 0 aliphatic heterocycles. The lowest BCUT2D eigenvalue weighted by molar-refractivity contribution is 0.102. The van der Waals surface area contributed by atoms with Crippen LogP contribution in [0.15, 0.2) is 53.9 Å².